The SMILES string of the molecule is CC(=O)Nc1ccc(Oc2cc([N+](=O)[O-])ccc2N[SH](=O)=O)cc1. The Bertz CT molecular complexity index is 840. The summed E-state index contributed by atoms with van der Waals surface area (Å²) in [5, 5.41) is 13.4. The zero-order chi connectivity index (χ0) is 17.7. The van der Waals surface area contributed by atoms with Gasteiger partial charge in [0, 0.05) is 18.7 Å². The quantitative estimate of drug-likeness (QED) is 0.416. The Kier molecular flexibility index (Phi) is 5.32. The highest BCUT2D eigenvalue weighted by Crippen LogP contribution is 2.33. The Morgan fingerprint density at radius 2 is 1.83 bits per heavy atom. The number of nitrogens with one attached hydrogen (secondary N) is 2. The van der Waals surface area contributed by atoms with Crippen molar-refractivity contribution in [1.82, 2.24) is 0 Å². The van der Waals surface area contributed by atoms with Crippen LogP contribution in [0.25, 0.3) is 0 Å². The molecule has 2 aromatic carbocycles. The van der Waals surface area contributed by atoms with Crippen LogP contribution in [0.15, 0.2) is 42.5 Å². The van der Waals surface area contributed by atoms with Crippen molar-refractivity contribution in [3.63, 3.8) is 0 Å². The lowest BCUT2D eigenvalue weighted by molar-refractivity contribution is -0.384. The molecule has 0 heterocycles. The molecule has 0 radical (unpaired) electrons. The number of anilines is 2. The maximum atomic E-state index is 11.0. The summed E-state index contributed by atoms with van der Waals surface area (Å²) in [7, 11) is -2.96. The standard InChI is InChI=1S/C14H13N3O6S/c1-9(18)15-10-2-5-12(6-3-10)23-14-8-11(17(19)20)4-7-13(14)16-24(21)22/h2-8,24H,1H3,(H,15,18)(H,16,21,22). The van der Waals surface area contributed by atoms with Crippen molar-refractivity contribution in [3.8, 4) is 11.5 Å². The van der Waals surface area contributed by atoms with Crippen molar-refractivity contribution < 1.29 is 22.9 Å². The fraction of sp³-hybridized carbons (Fsp3) is 0.0714. The van der Waals surface area contributed by atoms with Crippen molar-refractivity contribution in [2.45, 2.75) is 6.92 Å². The minimum absolute atomic E-state index is 0.0179. The Balaban J connectivity index is 2.30. The molecule has 0 spiro atoms. The van der Waals surface area contributed by atoms with Gasteiger partial charge in [-0.2, -0.15) is 0 Å². The summed E-state index contributed by atoms with van der Waals surface area (Å²) in [5.41, 5.74) is 0.379. The number of nitro groups is 1. The van der Waals surface area contributed by atoms with E-state index in [1.165, 1.54) is 25.1 Å². The predicted octanol–water partition coefficient (Wildman–Crippen LogP) is 2.28. The van der Waals surface area contributed by atoms with Crippen molar-refractivity contribution in [3.05, 3.63) is 52.6 Å². The monoisotopic (exact) mass is 351 g/mol. The Labute approximate surface area is 138 Å². The molecular weight excluding hydrogens is 338 g/mol. The van der Waals surface area contributed by atoms with Crippen LogP contribution < -0.4 is 14.8 Å². The van der Waals surface area contributed by atoms with E-state index in [-0.39, 0.29) is 23.0 Å². The summed E-state index contributed by atoms with van der Waals surface area (Å²) in [4.78, 5) is 21.2. The van der Waals surface area contributed by atoms with Gasteiger partial charge in [-0.1, -0.05) is 0 Å². The van der Waals surface area contributed by atoms with Crippen LogP contribution in [0.2, 0.25) is 0 Å². The summed E-state index contributed by atoms with van der Waals surface area (Å²) >= 11 is 0. The molecule has 9 nitrogen and oxygen atoms in total. The predicted molar refractivity (Wildman–Crippen MR) is 87.9 cm³/mol. The molecule has 2 aromatic rings. The average molecular weight is 351 g/mol. The van der Waals surface area contributed by atoms with Crippen molar-refractivity contribution in [2.75, 3.05) is 10.0 Å². The van der Waals surface area contributed by atoms with E-state index in [1.54, 1.807) is 12.1 Å². The van der Waals surface area contributed by atoms with Crippen LogP contribution in [0.1, 0.15) is 6.92 Å². The summed E-state index contributed by atoms with van der Waals surface area (Å²) in [6, 6.07) is 9.74. The van der Waals surface area contributed by atoms with Crippen LogP contribution in [0, 0.1) is 10.1 Å². The zero-order valence-corrected chi connectivity index (χ0v) is 13.3. The smallest absolute Gasteiger partial charge is 0.273 e. The van der Waals surface area contributed by atoms with Gasteiger partial charge in [0.1, 0.15) is 5.75 Å². The van der Waals surface area contributed by atoms with Crippen LogP contribution in [0.3, 0.4) is 0 Å². The zero-order valence-electron chi connectivity index (χ0n) is 12.4. The average Bonchev–Trinajstić information content (AvgIpc) is 2.49. The fourth-order valence-corrected chi connectivity index (χ4v) is 2.22. The molecule has 126 valence electrons. The molecule has 0 aliphatic rings. The maximum Gasteiger partial charge on any atom is 0.273 e. The number of rotatable bonds is 6. The highest BCUT2D eigenvalue weighted by Gasteiger charge is 2.13. The normalized spacial score (nSPS) is 10.2. The van der Waals surface area contributed by atoms with E-state index in [0.29, 0.717) is 11.4 Å². The van der Waals surface area contributed by atoms with Crippen LogP contribution >= 0.6 is 0 Å². The Hall–Kier alpha value is -3.14. The minimum atomic E-state index is -2.96. The lowest BCUT2D eigenvalue weighted by atomic mass is 10.2. The molecule has 0 saturated heterocycles. The van der Waals surface area contributed by atoms with E-state index < -0.39 is 15.8 Å². The van der Waals surface area contributed by atoms with Gasteiger partial charge in [-0.15, -0.1) is 0 Å². The second-order valence-electron chi connectivity index (χ2n) is 4.61. The first-order chi connectivity index (χ1) is 11.3. The molecule has 0 atom stereocenters. The van der Waals surface area contributed by atoms with Crippen LogP contribution in [0.4, 0.5) is 17.1 Å². The van der Waals surface area contributed by atoms with E-state index in [0.717, 1.165) is 12.1 Å². The molecule has 2 N–H and O–H groups in total. The largest absolute Gasteiger partial charge is 0.455 e. The van der Waals surface area contributed by atoms with Crippen LogP contribution in [-0.4, -0.2) is 19.2 Å². The number of non-ortho nitro benzene ring substituents is 1. The molecular formula is C14H13N3O6S. The van der Waals surface area contributed by atoms with E-state index >= 15 is 0 Å². The van der Waals surface area contributed by atoms with Gasteiger partial charge >= 0.3 is 0 Å². The van der Waals surface area contributed by atoms with Crippen molar-refractivity contribution in [2.24, 2.45) is 0 Å². The van der Waals surface area contributed by atoms with Gasteiger partial charge in [0.25, 0.3) is 5.69 Å². The number of benzene rings is 2. The second kappa shape index (κ2) is 7.42. The number of thiol groups is 1. The van der Waals surface area contributed by atoms with Crippen LogP contribution in [0.5, 0.6) is 11.5 Å². The Morgan fingerprint density at radius 1 is 1.17 bits per heavy atom. The van der Waals surface area contributed by atoms with Crippen LogP contribution in [-0.2, 0) is 15.7 Å². The Morgan fingerprint density at radius 3 is 2.38 bits per heavy atom. The van der Waals surface area contributed by atoms with Gasteiger partial charge in [0.2, 0.25) is 16.8 Å². The van der Waals surface area contributed by atoms with Gasteiger partial charge in [0.05, 0.1) is 16.7 Å². The third-order valence-electron chi connectivity index (χ3n) is 2.79. The molecule has 0 aliphatic carbocycles. The summed E-state index contributed by atoms with van der Waals surface area (Å²) in [6.07, 6.45) is 0. The number of ether oxygens (including phenoxy) is 1. The van der Waals surface area contributed by atoms with E-state index in [1.807, 2.05) is 0 Å². The second-order valence-corrected chi connectivity index (χ2v) is 5.35. The molecule has 0 bridgehead atoms. The highest BCUT2D eigenvalue weighted by molar-refractivity contribution is 7.73. The van der Waals surface area contributed by atoms with E-state index in [2.05, 4.69) is 10.0 Å². The van der Waals surface area contributed by atoms with Gasteiger partial charge < -0.3 is 10.1 Å². The highest BCUT2D eigenvalue weighted by atomic mass is 32.2. The molecule has 1 amide bonds. The third kappa shape index (κ3) is 4.68. The topological polar surface area (TPSA) is 128 Å². The number of carbonyl (C=O) groups is 1. The molecule has 10 heteroatoms. The fourth-order valence-electron chi connectivity index (χ4n) is 1.84. The molecule has 0 saturated carbocycles. The van der Waals surface area contributed by atoms with Crippen molar-refractivity contribution in [1.29, 1.82) is 0 Å². The lowest BCUT2D eigenvalue weighted by Gasteiger charge is -2.11. The van der Waals surface area contributed by atoms with Crippen molar-refractivity contribution >= 4 is 33.9 Å². The van der Waals surface area contributed by atoms with E-state index in [9.17, 15) is 23.3 Å². The van der Waals surface area contributed by atoms with Gasteiger partial charge in [-0.3, -0.25) is 19.6 Å². The first-order valence-corrected chi connectivity index (χ1v) is 7.78. The number of amides is 1. The number of hydrogen-bond acceptors (Lipinski definition) is 6. The van der Waals surface area contributed by atoms with Gasteiger partial charge in [-0.25, -0.2) is 8.42 Å². The summed E-state index contributed by atoms with van der Waals surface area (Å²) in [6.45, 7) is 1.37. The number of hydrogen-bond donors (Lipinski definition) is 3. The minimum Gasteiger partial charge on any atom is -0.455 e. The first-order valence-electron chi connectivity index (χ1n) is 6.60. The summed E-state index contributed by atoms with van der Waals surface area (Å²) in [5.74, 6) is 0.0672. The molecule has 24 heavy (non-hydrogen) atoms. The number of carbonyl (C=O) groups excluding carboxylic acids is 1. The lowest BCUT2D eigenvalue weighted by Crippen LogP contribution is -2.05. The molecule has 0 fully saturated rings. The van der Waals surface area contributed by atoms with E-state index in [4.69, 9.17) is 4.74 Å². The molecule has 0 unspecified atom stereocenters. The molecule has 0 aliphatic heterocycles. The number of nitro benzene ring substituents is 1. The summed E-state index contributed by atoms with van der Waals surface area (Å²) < 4.78 is 29.3. The first kappa shape index (κ1) is 17.2. The van der Waals surface area contributed by atoms with Gasteiger partial charge in [0.15, 0.2) is 5.75 Å². The third-order valence-corrected chi connectivity index (χ3v) is 3.21. The molecule has 2 rings (SSSR count). The maximum absolute atomic E-state index is 11.0. The van der Waals surface area contributed by atoms with Gasteiger partial charge in [-0.05, 0) is 30.3 Å². The molecule has 0 aromatic heterocycles. The number of nitrogens with zero attached hydrogens (tertiary/aromatic N) is 1.